The fourth-order valence-corrected chi connectivity index (χ4v) is 2.48. The van der Waals surface area contributed by atoms with Crippen LogP contribution in [0.3, 0.4) is 0 Å². The Bertz CT molecular complexity index is 356. The van der Waals surface area contributed by atoms with Crippen LogP contribution < -0.4 is 17.7 Å². The van der Waals surface area contributed by atoms with Gasteiger partial charge in [0.05, 0.1) is 6.54 Å². The Balaban J connectivity index is 0.00000144. The van der Waals surface area contributed by atoms with Crippen molar-refractivity contribution in [2.45, 2.75) is 25.3 Å². The molecule has 0 bridgehead atoms. The Morgan fingerprint density at radius 2 is 2.06 bits per heavy atom. The van der Waals surface area contributed by atoms with E-state index in [0.29, 0.717) is 5.92 Å². The first kappa shape index (κ1) is 14.0. The molecule has 17 heavy (non-hydrogen) atoms. The molecule has 2 rings (SSSR count). The fraction of sp³-hybridized carbons (Fsp3) is 0.462. The Morgan fingerprint density at radius 3 is 2.71 bits per heavy atom. The minimum Gasteiger partial charge on any atom is -1.00 e. The van der Waals surface area contributed by atoms with Crippen molar-refractivity contribution in [3.8, 4) is 0 Å². The second-order valence-corrected chi connectivity index (χ2v) is 4.46. The van der Waals surface area contributed by atoms with Crippen LogP contribution in [0.5, 0.6) is 0 Å². The molecule has 94 valence electrons. The topological polar surface area (TPSA) is 53.9 Å². The Hall–Kier alpha value is -1.06. The third-order valence-electron chi connectivity index (χ3n) is 3.40. The van der Waals surface area contributed by atoms with E-state index in [4.69, 9.17) is 5.11 Å². The summed E-state index contributed by atoms with van der Waals surface area (Å²) in [4.78, 5) is 11.0. The quantitative estimate of drug-likeness (QED) is 0.634. The van der Waals surface area contributed by atoms with Gasteiger partial charge in [0, 0.05) is 12.3 Å². The van der Waals surface area contributed by atoms with Gasteiger partial charge in [-0.2, -0.15) is 0 Å². The number of carbonyl (C=O) groups is 1. The number of hydrogen-bond donors (Lipinski definition) is 2. The van der Waals surface area contributed by atoms with Gasteiger partial charge < -0.3 is 22.8 Å². The zero-order chi connectivity index (χ0) is 11.4. The third-order valence-corrected chi connectivity index (χ3v) is 3.40. The smallest absolute Gasteiger partial charge is 0.362 e. The highest BCUT2D eigenvalue weighted by Crippen LogP contribution is 2.18. The predicted molar refractivity (Wildman–Crippen MR) is 61.1 cm³/mol. The second-order valence-electron chi connectivity index (χ2n) is 4.46. The third kappa shape index (κ3) is 3.72. The molecule has 4 heteroatoms. The van der Waals surface area contributed by atoms with Gasteiger partial charge >= 0.3 is 5.97 Å². The number of carboxylic acids is 1. The maximum Gasteiger partial charge on any atom is 0.362 e. The lowest BCUT2D eigenvalue weighted by molar-refractivity contribution is -0.661. The minimum atomic E-state index is -0.657. The van der Waals surface area contributed by atoms with Gasteiger partial charge in [0.15, 0.2) is 6.04 Å². The summed E-state index contributed by atoms with van der Waals surface area (Å²) in [5, 5.41) is 11.0. The molecule has 0 radical (unpaired) electrons. The standard InChI is InChI=1S/C13H17NO2.ClH/c15-13(16)12-11(8-9-14-12)7-6-10-4-2-1-3-5-10;/h1-5,11-12,14H,6-9H2,(H,15,16);1H/t11-,12-;/m1./s1. The van der Waals surface area contributed by atoms with Crippen molar-refractivity contribution < 1.29 is 27.6 Å². The van der Waals surface area contributed by atoms with E-state index >= 15 is 0 Å². The highest BCUT2D eigenvalue weighted by molar-refractivity contribution is 5.72. The van der Waals surface area contributed by atoms with Gasteiger partial charge in [-0.15, -0.1) is 0 Å². The van der Waals surface area contributed by atoms with Crippen LogP contribution in [0.25, 0.3) is 0 Å². The molecule has 0 unspecified atom stereocenters. The van der Waals surface area contributed by atoms with Crippen LogP contribution in [0, 0.1) is 5.92 Å². The molecule has 1 aliphatic heterocycles. The summed E-state index contributed by atoms with van der Waals surface area (Å²) < 4.78 is 0. The monoisotopic (exact) mass is 255 g/mol. The van der Waals surface area contributed by atoms with Gasteiger partial charge in [-0.25, -0.2) is 4.79 Å². The maximum absolute atomic E-state index is 11.0. The molecule has 1 aromatic rings. The molecule has 2 atom stereocenters. The van der Waals surface area contributed by atoms with E-state index in [1.54, 1.807) is 0 Å². The number of aryl methyl sites for hydroxylation is 1. The van der Waals surface area contributed by atoms with Crippen molar-refractivity contribution >= 4 is 5.97 Å². The van der Waals surface area contributed by atoms with Crippen molar-refractivity contribution in [3.63, 3.8) is 0 Å². The number of carboxylic acid groups (broad SMARTS) is 1. The Kier molecular flexibility index (Phi) is 5.45. The molecule has 0 aromatic heterocycles. The number of aliphatic carboxylic acids is 1. The lowest BCUT2D eigenvalue weighted by Crippen LogP contribution is -3.00. The average molecular weight is 256 g/mol. The number of quaternary nitrogens is 1. The van der Waals surface area contributed by atoms with Crippen LogP contribution in [0.15, 0.2) is 30.3 Å². The van der Waals surface area contributed by atoms with E-state index in [1.165, 1.54) is 5.56 Å². The average Bonchev–Trinajstić information content (AvgIpc) is 2.76. The SMILES string of the molecule is O=C(O)[C@@H]1[NH2+]CC[C@H]1CCc1ccccc1.[Cl-]. The molecule has 1 heterocycles. The Morgan fingerprint density at radius 1 is 1.35 bits per heavy atom. The van der Waals surface area contributed by atoms with E-state index in [9.17, 15) is 4.79 Å². The highest BCUT2D eigenvalue weighted by Gasteiger charge is 2.36. The van der Waals surface area contributed by atoms with Crippen molar-refractivity contribution in [1.82, 2.24) is 0 Å². The summed E-state index contributed by atoms with van der Waals surface area (Å²) in [5.41, 5.74) is 1.30. The molecular weight excluding hydrogens is 238 g/mol. The molecule has 0 aliphatic carbocycles. The van der Waals surface area contributed by atoms with E-state index in [1.807, 2.05) is 23.5 Å². The van der Waals surface area contributed by atoms with Crippen molar-refractivity contribution in [1.29, 1.82) is 0 Å². The van der Waals surface area contributed by atoms with Gasteiger partial charge in [0.2, 0.25) is 0 Å². The summed E-state index contributed by atoms with van der Waals surface area (Å²) in [6.45, 7) is 0.955. The summed E-state index contributed by atoms with van der Waals surface area (Å²) in [6.07, 6.45) is 3.00. The van der Waals surface area contributed by atoms with Gasteiger partial charge in [0.25, 0.3) is 0 Å². The molecule has 1 fully saturated rings. The van der Waals surface area contributed by atoms with Gasteiger partial charge in [-0.3, -0.25) is 0 Å². The number of rotatable bonds is 4. The number of benzene rings is 1. The van der Waals surface area contributed by atoms with Crippen molar-refractivity contribution in [3.05, 3.63) is 35.9 Å². The lowest BCUT2D eigenvalue weighted by atomic mass is 9.93. The molecule has 3 N–H and O–H groups in total. The number of hydrogen-bond acceptors (Lipinski definition) is 1. The molecule has 0 amide bonds. The zero-order valence-corrected chi connectivity index (χ0v) is 10.4. The highest BCUT2D eigenvalue weighted by atomic mass is 35.5. The van der Waals surface area contributed by atoms with E-state index < -0.39 is 5.97 Å². The van der Waals surface area contributed by atoms with E-state index in [0.717, 1.165) is 25.8 Å². The van der Waals surface area contributed by atoms with E-state index in [2.05, 4.69) is 12.1 Å². The second kappa shape index (κ2) is 6.62. The van der Waals surface area contributed by atoms with Crippen LogP contribution in [0.2, 0.25) is 0 Å². The molecule has 1 aromatic carbocycles. The minimum absolute atomic E-state index is 0. The molecular formula is C13H18ClNO2. The molecule has 1 aliphatic rings. The summed E-state index contributed by atoms with van der Waals surface area (Å²) in [7, 11) is 0. The first-order valence-corrected chi connectivity index (χ1v) is 5.87. The predicted octanol–water partition coefficient (Wildman–Crippen LogP) is -2.34. The van der Waals surface area contributed by atoms with Gasteiger partial charge in [0.1, 0.15) is 0 Å². The molecule has 3 nitrogen and oxygen atoms in total. The van der Waals surface area contributed by atoms with Crippen molar-refractivity contribution in [2.24, 2.45) is 5.92 Å². The lowest BCUT2D eigenvalue weighted by Gasteiger charge is -2.11. The van der Waals surface area contributed by atoms with Gasteiger partial charge in [-0.1, -0.05) is 30.3 Å². The van der Waals surface area contributed by atoms with Gasteiger partial charge in [-0.05, 0) is 18.4 Å². The normalized spacial score (nSPS) is 23.1. The zero-order valence-electron chi connectivity index (χ0n) is 9.68. The molecule has 0 saturated carbocycles. The van der Waals surface area contributed by atoms with Crippen LogP contribution in [0.4, 0.5) is 0 Å². The maximum atomic E-state index is 11.0. The first-order chi connectivity index (χ1) is 7.77. The number of halogens is 1. The number of nitrogens with two attached hydrogens (primary N) is 1. The molecule has 1 saturated heterocycles. The summed E-state index contributed by atoms with van der Waals surface area (Å²) >= 11 is 0. The van der Waals surface area contributed by atoms with Crippen LogP contribution in [-0.2, 0) is 11.2 Å². The van der Waals surface area contributed by atoms with E-state index in [-0.39, 0.29) is 18.4 Å². The van der Waals surface area contributed by atoms with Crippen LogP contribution >= 0.6 is 0 Å². The molecule has 0 spiro atoms. The largest absolute Gasteiger partial charge is 1.00 e. The summed E-state index contributed by atoms with van der Waals surface area (Å²) in [6, 6.07) is 10.1. The summed E-state index contributed by atoms with van der Waals surface area (Å²) in [5.74, 6) is -0.326. The fourth-order valence-electron chi connectivity index (χ4n) is 2.48. The van der Waals surface area contributed by atoms with Crippen LogP contribution in [0.1, 0.15) is 18.4 Å². The van der Waals surface area contributed by atoms with Crippen LogP contribution in [-0.4, -0.2) is 23.7 Å². The van der Waals surface area contributed by atoms with Crippen molar-refractivity contribution in [2.75, 3.05) is 6.54 Å². The first-order valence-electron chi connectivity index (χ1n) is 5.87. The Labute approximate surface area is 108 Å².